The highest BCUT2D eigenvalue weighted by molar-refractivity contribution is 6.20. The van der Waals surface area contributed by atoms with E-state index in [0.717, 1.165) is 12.8 Å². The van der Waals surface area contributed by atoms with Gasteiger partial charge in [0.1, 0.15) is 0 Å². The number of cyclic esters (lactones) is 1. The number of fused-ring (bicyclic) bond motifs is 1. The number of hydrogen-bond acceptors (Lipinski definition) is 2. The molecule has 0 unspecified atom stereocenters. The minimum absolute atomic E-state index is 0.0444. The Bertz CT molecular complexity index is 181. The van der Waals surface area contributed by atoms with Crippen molar-refractivity contribution in [1.29, 1.82) is 0 Å². The number of ether oxygens (including phenoxy) is 1. The summed E-state index contributed by atoms with van der Waals surface area (Å²) in [6.07, 6.45) is 2.62. The van der Waals surface area contributed by atoms with Gasteiger partial charge in [0.05, 0.1) is 6.61 Å². The van der Waals surface area contributed by atoms with E-state index in [1.165, 1.54) is 0 Å². The Morgan fingerprint density at radius 3 is 2.91 bits per heavy atom. The number of alkyl halides is 1. The molecule has 0 bridgehead atoms. The van der Waals surface area contributed by atoms with Gasteiger partial charge in [-0.2, -0.15) is 0 Å². The first kappa shape index (κ1) is 7.41. The molecule has 2 fully saturated rings. The predicted molar refractivity (Wildman–Crippen MR) is 41.4 cm³/mol. The summed E-state index contributed by atoms with van der Waals surface area (Å²) < 4.78 is 4.94. The Labute approximate surface area is 70.9 Å². The normalized spacial score (nSPS) is 43.4. The third kappa shape index (κ3) is 1.36. The molecule has 0 radical (unpaired) electrons. The van der Waals surface area contributed by atoms with Crippen molar-refractivity contribution < 1.29 is 9.53 Å². The molecule has 2 rings (SSSR count). The molecule has 1 heterocycles. The molecule has 0 N–H and O–H groups in total. The van der Waals surface area contributed by atoms with Crippen molar-refractivity contribution >= 4 is 17.6 Å². The molecule has 2 nitrogen and oxygen atoms in total. The van der Waals surface area contributed by atoms with E-state index < -0.39 is 0 Å². The Morgan fingerprint density at radius 1 is 1.36 bits per heavy atom. The van der Waals surface area contributed by atoms with Gasteiger partial charge in [-0.1, -0.05) is 0 Å². The third-order valence-corrected chi connectivity index (χ3v) is 3.03. The fourth-order valence-corrected chi connectivity index (χ4v) is 2.52. The molecule has 0 amide bonds. The van der Waals surface area contributed by atoms with Gasteiger partial charge >= 0.3 is 5.97 Å². The van der Waals surface area contributed by atoms with Crippen LogP contribution in [-0.2, 0) is 9.53 Å². The average Bonchev–Trinajstić information content (AvgIpc) is 2.27. The van der Waals surface area contributed by atoms with E-state index in [1.54, 1.807) is 0 Å². The highest BCUT2D eigenvalue weighted by Crippen LogP contribution is 2.39. The summed E-state index contributed by atoms with van der Waals surface area (Å²) in [5, 5.41) is 0.277. The molecule has 62 valence electrons. The molecule has 1 saturated carbocycles. The van der Waals surface area contributed by atoms with Crippen LogP contribution in [0.25, 0.3) is 0 Å². The standard InChI is InChI=1S/C8H11ClO2/c9-7-1-5-3-8(10)11-4-6(5)2-7/h5-7H,1-4H2/t5-,6+,7-/m0/s1. The molecule has 3 atom stereocenters. The molecule has 0 spiro atoms. The second kappa shape index (κ2) is 2.67. The maximum Gasteiger partial charge on any atom is 0.306 e. The Kier molecular flexibility index (Phi) is 1.80. The maximum absolute atomic E-state index is 10.8. The lowest BCUT2D eigenvalue weighted by Gasteiger charge is -2.23. The first-order valence-corrected chi connectivity index (χ1v) is 4.49. The molecule has 0 aromatic heterocycles. The summed E-state index contributed by atoms with van der Waals surface area (Å²) in [6, 6.07) is 0. The summed E-state index contributed by atoms with van der Waals surface area (Å²) >= 11 is 5.97. The Morgan fingerprint density at radius 2 is 2.09 bits per heavy atom. The van der Waals surface area contributed by atoms with E-state index in [-0.39, 0.29) is 11.3 Å². The van der Waals surface area contributed by atoms with Gasteiger partial charge in [0.2, 0.25) is 0 Å². The van der Waals surface area contributed by atoms with Crippen molar-refractivity contribution in [2.24, 2.45) is 11.8 Å². The zero-order valence-electron chi connectivity index (χ0n) is 6.25. The quantitative estimate of drug-likeness (QED) is 0.412. The van der Waals surface area contributed by atoms with E-state index in [2.05, 4.69) is 0 Å². The number of esters is 1. The number of hydrogen-bond donors (Lipinski definition) is 0. The Hall–Kier alpha value is -0.240. The van der Waals surface area contributed by atoms with Crippen LogP contribution < -0.4 is 0 Å². The van der Waals surface area contributed by atoms with E-state index in [4.69, 9.17) is 16.3 Å². The molecule has 1 saturated heterocycles. The lowest BCUT2D eigenvalue weighted by Crippen LogP contribution is -2.26. The fraction of sp³-hybridized carbons (Fsp3) is 0.875. The van der Waals surface area contributed by atoms with Crippen LogP contribution >= 0.6 is 11.6 Å². The topological polar surface area (TPSA) is 26.3 Å². The van der Waals surface area contributed by atoms with Crippen LogP contribution in [0.15, 0.2) is 0 Å². The predicted octanol–water partition coefficient (Wildman–Crippen LogP) is 1.57. The van der Waals surface area contributed by atoms with E-state index in [1.807, 2.05) is 0 Å². The summed E-state index contributed by atoms with van der Waals surface area (Å²) in [5.41, 5.74) is 0. The second-order valence-electron chi connectivity index (χ2n) is 3.48. The van der Waals surface area contributed by atoms with Crippen LogP contribution in [0, 0.1) is 11.8 Å². The molecule has 1 aliphatic carbocycles. The number of carbonyl (C=O) groups is 1. The van der Waals surface area contributed by atoms with Crippen molar-refractivity contribution in [3.63, 3.8) is 0 Å². The lowest BCUT2D eigenvalue weighted by molar-refractivity contribution is -0.151. The van der Waals surface area contributed by atoms with E-state index >= 15 is 0 Å². The van der Waals surface area contributed by atoms with Crippen LogP contribution in [0.1, 0.15) is 19.3 Å². The van der Waals surface area contributed by atoms with Crippen molar-refractivity contribution in [2.45, 2.75) is 24.6 Å². The van der Waals surface area contributed by atoms with Crippen molar-refractivity contribution in [3.8, 4) is 0 Å². The lowest BCUT2D eigenvalue weighted by atomic mass is 9.92. The molecule has 3 heteroatoms. The average molecular weight is 175 g/mol. The fourth-order valence-electron chi connectivity index (χ4n) is 2.07. The monoisotopic (exact) mass is 174 g/mol. The van der Waals surface area contributed by atoms with Gasteiger partial charge < -0.3 is 4.74 Å². The first-order valence-electron chi connectivity index (χ1n) is 4.05. The van der Waals surface area contributed by atoms with Gasteiger partial charge in [0, 0.05) is 11.8 Å². The van der Waals surface area contributed by atoms with E-state index in [9.17, 15) is 4.79 Å². The van der Waals surface area contributed by atoms with Gasteiger partial charge in [0.15, 0.2) is 0 Å². The zero-order chi connectivity index (χ0) is 7.84. The van der Waals surface area contributed by atoms with Gasteiger partial charge in [-0.25, -0.2) is 0 Å². The number of halogens is 1. The van der Waals surface area contributed by atoms with Gasteiger partial charge in [0.25, 0.3) is 0 Å². The smallest absolute Gasteiger partial charge is 0.306 e. The van der Waals surface area contributed by atoms with Crippen LogP contribution in [0.5, 0.6) is 0 Å². The van der Waals surface area contributed by atoms with Gasteiger partial charge in [-0.3, -0.25) is 4.79 Å². The highest BCUT2D eigenvalue weighted by atomic mass is 35.5. The highest BCUT2D eigenvalue weighted by Gasteiger charge is 2.38. The second-order valence-corrected chi connectivity index (χ2v) is 4.09. The van der Waals surface area contributed by atoms with Crippen LogP contribution in [0.2, 0.25) is 0 Å². The number of rotatable bonds is 0. The summed E-state index contributed by atoms with van der Waals surface area (Å²) in [5.74, 6) is 1.02. The summed E-state index contributed by atoms with van der Waals surface area (Å²) in [6.45, 7) is 0.604. The molecule has 0 aromatic rings. The summed E-state index contributed by atoms with van der Waals surface area (Å²) in [7, 11) is 0. The minimum atomic E-state index is -0.0444. The maximum atomic E-state index is 10.8. The summed E-state index contributed by atoms with van der Waals surface area (Å²) in [4.78, 5) is 10.8. The molecule has 0 aromatic carbocycles. The molecule has 2 aliphatic rings. The van der Waals surface area contributed by atoms with Crippen molar-refractivity contribution in [1.82, 2.24) is 0 Å². The minimum Gasteiger partial charge on any atom is -0.465 e. The SMILES string of the molecule is O=C1C[C@@H]2C[C@H](Cl)C[C@@H]2CO1. The third-order valence-electron chi connectivity index (χ3n) is 2.67. The van der Waals surface area contributed by atoms with Crippen molar-refractivity contribution in [2.75, 3.05) is 6.61 Å². The Balaban J connectivity index is 2.02. The molecule has 1 aliphatic heterocycles. The largest absolute Gasteiger partial charge is 0.465 e. The first-order chi connectivity index (χ1) is 5.25. The zero-order valence-corrected chi connectivity index (χ0v) is 7.01. The molecule has 11 heavy (non-hydrogen) atoms. The van der Waals surface area contributed by atoms with Gasteiger partial charge in [-0.05, 0) is 24.7 Å². The number of carbonyl (C=O) groups excluding carboxylic acids is 1. The van der Waals surface area contributed by atoms with Crippen LogP contribution in [0.3, 0.4) is 0 Å². The molecular formula is C8H11ClO2. The molecular weight excluding hydrogens is 164 g/mol. The van der Waals surface area contributed by atoms with Crippen LogP contribution in [-0.4, -0.2) is 18.0 Å². The van der Waals surface area contributed by atoms with Crippen LogP contribution in [0.4, 0.5) is 0 Å². The van der Waals surface area contributed by atoms with Gasteiger partial charge in [-0.15, -0.1) is 11.6 Å². The van der Waals surface area contributed by atoms with Crippen molar-refractivity contribution in [3.05, 3.63) is 0 Å². The van der Waals surface area contributed by atoms with E-state index in [0.29, 0.717) is 24.9 Å².